The van der Waals surface area contributed by atoms with Crippen molar-refractivity contribution in [3.63, 3.8) is 0 Å². The van der Waals surface area contributed by atoms with E-state index in [-0.39, 0.29) is 33.5 Å². The number of esters is 2. The highest BCUT2D eigenvalue weighted by Gasteiger charge is 2.28. The molecule has 0 aromatic carbocycles. The molecule has 6 nitrogen and oxygen atoms in total. The fourth-order valence-corrected chi connectivity index (χ4v) is 2.90. The highest BCUT2D eigenvalue weighted by molar-refractivity contribution is 7.18. The van der Waals surface area contributed by atoms with Gasteiger partial charge < -0.3 is 14.8 Å². The van der Waals surface area contributed by atoms with Gasteiger partial charge in [-0.25, -0.2) is 9.59 Å². The van der Waals surface area contributed by atoms with Gasteiger partial charge in [0.2, 0.25) is 5.91 Å². The van der Waals surface area contributed by atoms with Crippen LogP contribution < -0.4 is 5.32 Å². The SMILES string of the molecule is Cc1c(C(=O)OC(C)C)sc(NC(=O)CCl)c1C(=O)OC(C)C. The summed E-state index contributed by atoms with van der Waals surface area (Å²) in [4.78, 5) is 36.2. The Morgan fingerprint density at radius 2 is 1.61 bits per heavy atom. The first-order valence-corrected chi connectivity index (χ1v) is 8.43. The van der Waals surface area contributed by atoms with Gasteiger partial charge in [-0.2, -0.15) is 0 Å². The number of thiophene rings is 1. The molecule has 1 aromatic rings. The molecule has 0 bridgehead atoms. The third-order valence-corrected chi connectivity index (χ3v) is 4.03. The lowest BCUT2D eigenvalue weighted by Gasteiger charge is -2.10. The van der Waals surface area contributed by atoms with Crippen LogP contribution in [0.15, 0.2) is 0 Å². The maximum Gasteiger partial charge on any atom is 0.348 e. The van der Waals surface area contributed by atoms with Gasteiger partial charge in [-0.3, -0.25) is 4.79 Å². The van der Waals surface area contributed by atoms with Crippen molar-refractivity contribution in [2.45, 2.75) is 46.8 Å². The second-order valence-corrected chi connectivity index (χ2v) is 6.64. The number of carbonyl (C=O) groups is 3. The van der Waals surface area contributed by atoms with Gasteiger partial charge in [0.25, 0.3) is 0 Å². The first-order chi connectivity index (χ1) is 10.7. The average molecular weight is 362 g/mol. The van der Waals surface area contributed by atoms with E-state index in [2.05, 4.69) is 5.32 Å². The van der Waals surface area contributed by atoms with Gasteiger partial charge >= 0.3 is 11.9 Å². The van der Waals surface area contributed by atoms with Crippen molar-refractivity contribution in [2.24, 2.45) is 0 Å². The lowest BCUT2D eigenvalue weighted by molar-refractivity contribution is -0.113. The molecule has 1 heterocycles. The van der Waals surface area contributed by atoms with Crippen LogP contribution in [0.5, 0.6) is 0 Å². The van der Waals surface area contributed by atoms with E-state index >= 15 is 0 Å². The molecule has 1 amide bonds. The molecular weight excluding hydrogens is 342 g/mol. The summed E-state index contributed by atoms with van der Waals surface area (Å²) in [5.41, 5.74) is 0.564. The molecule has 1 rings (SSSR count). The number of alkyl halides is 1. The van der Waals surface area contributed by atoms with Crippen LogP contribution in [-0.2, 0) is 14.3 Å². The molecular formula is C15H20ClNO5S. The van der Waals surface area contributed by atoms with E-state index in [1.165, 1.54) is 0 Å². The van der Waals surface area contributed by atoms with Crippen LogP contribution in [0.2, 0.25) is 0 Å². The zero-order chi connectivity index (χ0) is 17.7. The van der Waals surface area contributed by atoms with Crippen LogP contribution >= 0.6 is 22.9 Å². The Hall–Kier alpha value is -1.60. The molecule has 0 aliphatic carbocycles. The standard InChI is InChI=1S/C15H20ClNO5S/c1-7(2)21-14(19)11-9(5)12(15(20)22-8(3)4)23-13(11)17-10(18)6-16/h7-8H,6H2,1-5H3,(H,17,18). The van der Waals surface area contributed by atoms with E-state index in [0.29, 0.717) is 5.56 Å². The predicted molar refractivity (Wildman–Crippen MR) is 89.5 cm³/mol. The summed E-state index contributed by atoms with van der Waals surface area (Å²) >= 11 is 6.45. The van der Waals surface area contributed by atoms with Crippen LogP contribution in [0.4, 0.5) is 5.00 Å². The molecule has 1 aromatic heterocycles. The molecule has 8 heteroatoms. The summed E-state index contributed by atoms with van der Waals surface area (Å²) in [5.74, 6) is -1.90. The molecule has 0 atom stereocenters. The third kappa shape index (κ3) is 5.21. The number of hydrogen-bond acceptors (Lipinski definition) is 6. The molecule has 0 unspecified atom stereocenters. The van der Waals surface area contributed by atoms with Crippen molar-refractivity contribution >= 4 is 45.8 Å². The molecule has 0 spiro atoms. The Kier molecular flexibility index (Phi) is 7.02. The number of ether oxygens (including phenoxy) is 2. The number of carbonyl (C=O) groups excluding carboxylic acids is 3. The van der Waals surface area contributed by atoms with Gasteiger partial charge in [-0.1, -0.05) is 0 Å². The Labute approximate surface area is 144 Å². The van der Waals surface area contributed by atoms with Gasteiger partial charge in [0.15, 0.2) is 0 Å². The maximum atomic E-state index is 12.3. The second kappa shape index (κ2) is 8.31. The first kappa shape index (κ1) is 19.4. The Morgan fingerprint density at radius 1 is 1.09 bits per heavy atom. The monoisotopic (exact) mass is 361 g/mol. The van der Waals surface area contributed by atoms with Crippen molar-refractivity contribution in [1.82, 2.24) is 0 Å². The average Bonchev–Trinajstić information content (AvgIpc) is 2.73. The van der Waals surface area contributed by atoms with Crippen molar-refractivity contribution in [1.29, 1.82) is 0 Å². The summed E-state index contributed by atoms with van der Waals surface area (Å²) in [6.07, 6.45) is -0.625. The van der Waals surface area contributed by atoms with Gasteiger partial charge in [0, 0.05) is 0 Å². The predicted octanol–water partition coefficient (Wildman–Crippen LogP) is 3.36. The minimum absolute atomic E-state index is 0.151. The van der Waals surface area contributed by atoms with Gasteiger partial charge in [-0.15, -0.1) is 22.9 Å². The topological polar surface area (TPSA) is 81.7 Å². The fourth-order valence-electron chi connectivity index (χ4n) is 1.74. The van der Waals surface area contributed by atoms with Crippen molar-refractivity contribution in [3.8, 4) is 0 Å². The minimum Gasteiger partial charge on any atom is -0.459 e. The van der Waals surface area contributed by atoms with Gasteiger partial charge in [-0.05, 0) is 40.2 Å². The summed E-state index contributed by atoms with van der Waals surface area (Å²) in [6.45, 7) is 8.49. The van der Waals surface area contributed by atoms with Crippen molar-refractivity contribution in [3.05, 3.63) is 16.0 Å². The Bertz CT molecular complexity index is 609. The molecule has 0 fully saturated rings. The number of hydrogen-bond donors (Lipinski definition) is 1. The number of rotatable bonds is 6. The largest absolute Gasteiger partial charge is 0.459 e. The lowest BCUT2D eigenvalue weighted by atomic mass is 10.1. The van der Waals surface area contributed by atoms with Gasteiger partial charge in [0.1, 0.15) is 15.8 Å². The number of anilines is 1. The zero-order valence-corrected chi connectivity index (χ0v) is 15.3. The molecule has 128 valence electrons. The molecule has 1 N–H and O–H groups in total. The highest BCUT2D eigenvalue weighted by atomic mass is 35.5. The molecule has 0 saturated carbocycles. The highest BCUT2D eigenvalue weighted by Crippen LogP contribution is 2.34. The van der Waals surface area contributed by atoms with E-state index in [1.54, 1.807) is 34.6 Å². The maximum absolute atomic E-state index is 12.3. The summed E-state index contributed by atoms with van der Waals surface area (Å²) in [7, 11) is 0. The second-order valence-electron chi connectivity index (χ2n) is 5.35. The fraction of sp³-hybridized carbons (Fsp3) is 0.533. The number of halogens is 1. The number of nitrogens with one attached hydrogen (secondary N) is 1. The molecule has 0 aliphatic heterocycles. The van der Waals surface area contributed by atoms with Crippen LogP contribution in [0, 0.1) is 6.92 Å². The third-order valence-electron chi connectivity index (χ3n) is 2.60. The first-order valence-electron chi connectivity index (χ1n) is 7.08. The molecule has 0 aliphatic rings. The van der Waals surface area contributed by atoms with Crippen molar-refractivity contribution < 1.29 is 23.9 Å². The molecule has 0 saturated heterocycles. The van der Waals surface area contributed by atoms with Crippen LogP contribution in [-0.4, -0.2) is 35.9 Å². The summed E-state index contributed by atoms with van der Waals surface area (Å²) in [5, 5.41) is 2.75. The van der Waals surface area contributed by atoms with E-state index < -0.39 is 17.8 Å². The van der Waals surface area contributed by atoms with Crippen LogP contribution in [0.1, 0.15) is 53.3 Å². The quantitative estimate of drug-likeness (QED) is 0.620. The zero-order valence-electron chi connectivity index (χ0n) is 13.7. The van der Waals surface area contributed by atoms with E-state index in [9.17, 15) is 14.4 Å². The normalized spacial score (nSPS) is 10.8. The molecule has 0 radical (unpaired) electrons. The van der Waals surface area contributed by atoms with Crippen molar-refractivity contribution in [2.75, 3.05) is 11.2 Å². The smallest absolute Gasteiger partial charge is 0.348 e. The van der Waals surface area contributed by atoms with E-state index in [0.717, 1.165) is 11.3 Å². The number of amides is 1. The summed E-state index contributed by atoms with van der Waals surface area (Å²) in [6, 6.07) is 0. The molecule has 23 heavy (non-hydrogen) atoms. The van der Waals surface area contributed by atoms with E-state index in [1.807, 2.05) is 0 Å². The summed E-state index contributed by atoms with van der Waals surface area (Å²) < 4.78 is 10.3. The minimum atomic E-state index is -0.609. The van der Waals surface area contributed by atoms with Crippen LogP contribution in [0.3, 0.4) is 0 Å². The lowest BCUT2D eigenvalue weighted by Crippen LogP contribution is -2.17. The Balaban J connectivity index is 3.28. The van der Waals surface area contributed by atoms with E-state index in [4.69, 9.17) is 21.1 Å². The Morgan fingerprint density at radius 3 is 2.09 bits per heavy atom. The van der Waals surface area contributed by atoms with Gasteiger partial charge in [0.05, 0.1) is 17.8 Å². The van der Waals surface area contributed by atoms with Crippen LogP contribution in [0.25, 0.3) is 0 Å².